The van der Waals surface area contributed by atoms with Crippen molar-refractivity contribution in [2.75, 3.05) is 11.4 Å². The van der Waals surface area contributed by atoms with Gasteiger partial charge in [0.15, 0.2) is 0 Å². The molecule has 4 nitrogen and oxygen atoms in total. The van der Waals surface area contributed by atoms with Crippen LogP contribution < -0.4 is 21.9 Å². The van der Waals surface area contributed by atoms with Crippen LogP contribution in [0.3, 0.4) is 0 Å². The number of carboxylic acid groups (broad SMARTS) is 1. The van der Waals surface area contributed by atoms with Crippen LogP contribution in [0.15, 0.2) is 64.5 Å². The van der Waals surface area contributed by atoms with Gasteiger partial charge >= 0.3 is 5.97 Å². The lowest BCUT2D eigenvalue weighted by Gasteiger charge is -2.19. The third kappa shape index (κ3) is 4.37. The SMILES string of the molecule is CC[n+]1c(C=C2Sc3ccc(Cl)cc3N2CCC(=O)O)ccc2ccccc21.[Cl-]. The zero-order valence-corrected chi connectivity index (χ0v) is 18.1. The number of fused-ring (bicyclic) bond motifs is 2. The largest absolute Gasteiger partial charge is 1.00 e. The Labute approximate surface area is 185 Å². The van der Waals surface area contributed by atoms with Gasteiger partial charge in [0.25, 0.3) is 0 Å². The number of anilines is 1. The van der Waals surface area contributed by atoms with E-state index in [0.29, 0.717) is 11.6 Å². The molecule has 4 rings (SSSR count). The van der Waals surface area contributed by atoms with Crippen molar-refractivity contribution in [3.63, 3.8) is 0 Å². The first-order valence-electron chi connectivity index (χ1n) is 9.17. The van der Waals surface area contributed by atoms with Gasteiger partial charge < -0.3 is 22.4 Å². The number of aromatic nitrogens is 1. The van der Waals surface area contributed by atoms with Crippen molar-refractivity contribution in [3.8, 4) is 0 Å². The molecule has 1 aromatic heterocycles. The van der Waals surface area contributed by atoms with Gasteiger partial charge in [0.05, 0.1) is 17.1 Å². The fraction of sp³-hybridized carbons (Fsp3) is 0.182. The number of carboxylic acids is 1. The smallest absolute Gasteiger partial charge is 0.305 e. The highest BCUT2D eigenvalue weighted by atomic mass is 35.5. The molecule has 0 atom stereocenters. The molecule has 29 heavy (non-hydrogen) atoms. The summed E-state index contributed by atoms with van der Waals surface area (Å²) < 4.78 is 2.27. The summed E-state index contributed by atoms with van der Waals surface area (Å²) in [6.45, 7) is 3.38. The van der Waals surface area contributed by atoms with Crippen molar-refractivity contribution in [1.82, 2.24) is 0 Å². The van der Waals surface area contributed by atoms with Gasteiger partial charge in [0.1, 0.15) is 6.54 Å². The Morgan fingerprint density at radius 2 is 2.00 bits per heavy atom. The van der Waals surface area contributed by atoms with Gasteiger partial charge in [0, 0.05) is 40.1 Å². The molecule has 0 amide bonds. The topological polar surface area (TPSA) is 44.4 Å². The second-order valence-electron chi connectivity index (χ2n) is 6.55. The molecular weight excluding hydrogens is 427 g/mol. The van der Waals surface area contributed by atoms with Crippen LogP contribution in [-0.4, -0.2) is 17.6 Å². The molecule has 0 unspecified atom stereocenters. The van der Waals surface area contributed by atoms with Gasteiger partial charge in [-0.2, -0.15) is 4.57 Å². The summed E-state index contributed by atoms with van der Waals surface area (Å²) in [6, 6.07) is 18.3. The highest BCUT2D eigenvalue weighted by molar-refractivity contribution is 8.03. The monoisotopic (exact) mass is 446 g/mol. The van der Waals surface area contributed by atoms with Crippen LogP contribution in [0.5, 0.6) is 0 Å². The number of aryl methyl sites for hydroxylation is 1. The molecule has 2 aromatic carbocycles. The zero-order chi connectivity index (χ0) is 19.7. The standard InChI is InChI=1S/C22H19ClN2O2S.ClH/c1-2-24-17(9-7-15-5-3-4-6-18(15)24)14-21-25(12-11-22(26)27)19-13-16(23)8-10-20(19)28-21;/h3-10,13-14H,2,11-12H2,1H3;1H. The first-order chi connectivity index (χ1) is 13.6. The van der Waals surface area contributed by atoms with E-state index in [1.54, 1.807) is 11.8 Å². The molecule has 0 fully saturated rings. The molecule has 0 saturated carbocycles. The van der Waals surface area contributed by atoms with Crippen molar-refractivity contribution in [2.45, 2.75) is 24.8 Å². The molecule has 0 spiro atoms. The molecule has 0 saturated heterocycles. The third-order valence-corrected chi connectivity index (χ3v) is 6.15. The van der Waals surface area contributed by atoms with Gasteiger partial charge in [-0.25, -0.2) is 0 Å². The van der Waals surface area contributed by atoms with E-state index < -0.39 is 5.97 Å². The van der Waals surface area contributed by atoms with Crippen molar-refractivity contribution in [1.29, 1.82) is 0 Å². The molecule has 1 aliphatic heterocycles. The lowest BCUT2D eigenvalue weighted by Crippen LogP contribution is -3.00. The number of rotatable bonds is 5. The number of nitrogens with zero attached hydrogens (tertiary/aromatic N) is 2. The van der Waals surface area contributed by atoms with Gasteiger partial charge in [0.2, 0.25) is 11.2 Å². The summed E-state index contributed by atoms with van der Waals surface area (Å²) in [5.41, 5.74) is 3.23. The Kier molecular flexibility index (Phi) is 6.73. The summed E-state index contributed by atoms with van der Waals surface area (Å²) in [6.07, 6.45) is 2.20. The molecule has 3 aromatic rings. The maximum absolute atomic E-state index is 11.2. The molecule has 1 aliphatic rings. The second-order valence-corrected chi connectivity index (χ2v) is 8.05. The van der Waals surface area contributed by atoms with Crippen LogP contribution in [0.25, 0.3) is 17.0 Å². The van der Waals surface area contributed by atoms with E-state index in [1.165, 1.54) is 10.9 Å². The fourth-order valence-electron chi connectivity index (χ4n) is 3.50. The third-order valence-electron chi connectivity index (χ3n) is 4.80. The molecule has 7 heteroatoms. The average Bonchev–Trinajstić information content (AvgIpc) is 3.02. The fourth-order valence-corrected chi connectivity index (χ4v) is 4.78. The number of halogens is 2. The van der Waals surface area contributed by atoms with E-state index in [2.05, 4.69) is 46.7 Å². The van der Waals surface area contributed by atoms with Crippen molar-refractivity contribution >= 4 is 52.0 Å². The molecule has 0 bridgehead atoms. The molecule has 0 aliphatic carbocycles. The van der Waals surface area contributed by atoms with Crippen molar-refractivity contribution in [2.24, 2.45) is 0 Å². The van der Waals surface area contributed by atoms with E-state index in [0.717, 1.165) is 27.9 Å². The maximum Gasteiger partial charge on any atom is 0.305 e. The van der Waals surface area contributed by atoms with Gasteiger partial charge in [-0.05, 0) is 37.3 Å². The minimum Gasteiger partial charge on any atom is -1.00 e. The van der Waals surface area contributed by atoms with E-state index in [1.807, 2.05) is 30.3 Å². The Morgan fingerprint density at radius 3 is 2.76 bits per heavy atom. The number of para-hydroxylation sites is 1. The molecule has 150 valence electrons. The van der Waals surface area contributed by atoms with Crippen LogP contribution in [0.4, 0.5) is 5.69 Å². The first kappa shape index (κ1) is 21.5. The van der Waals surface area contributed by atoms with E-state index >= 15 is 0 Å². The van der Waals surface area contributed by atoms with Gasteiger partial charge in [-0.1, -0.05) is 35.5 Å². The number of thioether (sulfide) groups is 1. The highest BCUT2D eigenvalue weighted by Crippen LogP contribution is 2.47. The molecule has 1 N–H and O–H groups in total. The molecule has 2 heterocycles. The van der Waals surface area contributed by atoms with Crippen LogP contribution in [0.2, 0.25) is 5.02 Å². The van der Waals surface area contributed by atoms with Crippen molar-refractivity contribution < 1.29 is 26.9 Å². The Hall–Kier alpha value is -2.21. The minimum atomic E-state index is -0.811. The van der Waals surface area contributed by atoms with Gasteiger partial charge in [-0.3, -0.25) is 4.79 Å². The van der Waals surface area contributed by atoms with Crippen LogP contribution in [-0.2, 0) is 11.3 Å². The summed E-state index contributed by atoms with van der Waals surface area (Å²) in [7, 11) is 0. The maximum atomic E-state index is 11.2. The molecule has 0 radical (unpaired) electrons. The predicted octanol–water partition coefficient (Wildman–Crippen LogP) is 2.19. The molecular formula is C22H20Cl2N2O2S. The van der Waals surface area contributed by atoms with E-state index in [-0.39, 0.29) is 18.8 Å². The zero-order valence-electron chi connectivity index (χ0n) is 15.8. The summed E-state index contributed by atoms with van der Waals surface area (Å²) in [5.74, 6) is -0.811. The predicted molar refractivity (Wildman–Crippen MR) is 115 cm³/mol. The van der Waals surface area contributed by atoms with Crippen LogP contribution in [0, 0.1) is 0 Å². The lowest BCUT2D eigenvalue weighted by molar-refractivity contribution is -0.669. The number of carbonyl (C=O) groups is 1. The van der Waals surface area contributed by atoms with Crippen LogP contribution >= 0.6 is 23.4 Å². The second kappa shape index (κ2) is 9.08. The number of pyridine rings is 1. The Balaban J connectivity index is 0.00000240. The lowest BCUT2D eigenvalue weighted by atomic mass is 10.2. The average molecular weight is 447 g/mol. The number of benzene rings is 2. The number of hydrogen-bond donors (Lipinski definition) is 1. The summed E-state index contributed by atoms with van der Waals surface area (Å²) >= 11 is 7.84. The van der Waals surface area contributed by atoms with Crippen LogP contribution in [0.1, 0.15) is 19.0 Å². The number of aliphatic carboxylic acids is 1. The summed E-state index contributed by atoms with van der Waals surface area (Å²) in [5, 5.41) is 12.0. The number of hydrogen-bond acceptors (Lipinski definition) is 3. The summed E-state index contributed by atoms with van der Waals surface area (Å²) in [4.78, 5) is 14.3. The quantitative estimate of drug-likeness (QED) is 0.610. The van der Waals surface area contributed by atoms with E-state index in [4.69, 9.17) is 16.7 Å². The first-order valence-corrected chi connectivity index (χ1v) is 10.4. The Morgan fingerprint density at radius 1 is 1.21 bits per heavy atom. The normalized spacial score (nSPS) is 14.1. The van der Waals surface area contributed by atoms with E-state index in [9.17, 15) is 4.79 Å². The highest BCUT2D eigenvalue weighted by Gasteiger charge is 2.27. The van der Waals surface area contributed by atoms with Gasteiger partial charge in [-0.15, -0.1) is 0 Å². The Bertz CT molecular complexity index is 1100. The minimum absolute atomic E-state index is 0. The van der Waals surface area contributed by atoms with Crippen molar-refractivity contribution in [3.05, 3.63) is 70.3 Å².